The van der Waals surface area contributed by atoms with Crippen LogP contribution in [0.5, 0.6) is 5.75 Å². The number of ether oxygens (including phenoxy) is 1. The van der Waals surface area contributed by atoms with Crippen molar-refractivity contribution in [2.45, 2.75) is 69.4 Å². The molecule has 0 bridgehead atoms. The van der Waals surface area contributed by atoms with E-state index in [4.69, 9.17) is 4.74 Å². The Bertz CT molecular complexity index is 758. The predicted octanol–water partition coefficient (Wildman–Crippen LogP) is 3.11. The molecule has 1 aromatic rings. The number of halogens is 1. The van der Waals surface area contributed by atoms with Gasteiger partial charge in [0.2, 0.25) is 5.91 Å². The Morgan fingerprint density at radius 3 is 2.45 bits per heavy atom. The molecular formula is C24H34FN3O3. The summed E-state index contributed by atoms with van der Waals surface area (Å²) < 4.78 is 19.2. The van der Waals surface area contributed by atoms with Crippen LogP contribution < -0.4 is 10.1 Å². The molecule has 2 aliphatic heterocycles. The SMILES string of the molecule is O=C(CN1C(=O)C(Oc2ccc(F)cc2)C12CCCCC2)NCCCN1CCCCC1. The third kappa shape index (κ3) is 5.03. The van der Waals surface area contributed by atoms with Crippen molar-refractivity contribution in [2.24, 2.45) is 0 Å². The van der Waals surface area contributed by atoms with Crippen LogP contribution in [0.1, 0.15) is 57.8 Å². The fraction of sp³-hybridized carbons (Fsp3) is 0.667. The zero-order valence-corrected chi connectivity index (χ0v) is 18.3. The number of carbonyl (C=O) groups is 2. The number of likely N-dealkylation sites (tertiary alicyclic amines) is 2. The Balaban J connectivity index is 1.30. The third-order valence-corrected chi connectivity index (χ3v) is 7.03. The smallest absolute Gasteiger partial charge is 0.267 e. The van der Waals surface area contributed by atoms with Gasteiger partial charge in [0.15, 0.2) is 6.10 Å². The number of hydrogen-bond donors (Lipinski definition) is 1. The minimum absolute atomic E-state index is 0.0891. The highest BCUT2D eigenvalue weighted by atomic mass is 19.1. The summed E-state index contributed by atoms with van der Waals surface area (Å²) >= 11 is 0. The molecule has 1 unspecified atom stereocenters. The maximum atomic E-state index is 13.2. The summed E-state index contributed by atoms with van der Waals surface area (Å²) in [7, 11) is 0. The van der Waals surface area contributed by atoms with E-state index in [2.05, 4.69) is 10.2 Å². The van der Waals surface area contributed by atoms with Crippen molar-refractivity contribution in [1.82, 2.24) is 15.1 Å². The topological polar surface area (TPSA) is 61.9 Å². The van der Waals surface area contributed by atoms with E-state index in [1.807, 2.05) is 0 Å². The molecule has 0 aromatic heterocycles. The van der Waals surface area contributed by atoms with E-state index in [1.165, 1.54) is 31.4 Å². The van der Waals surface area contributed by atoms with Crippen LogP contribution >= 0.6 is 0 Å². The second-order valence-electron chi connectivity index (χ2n) is 9.15. The molecule has 2 amide bonds. The molecule has 1 saturated carbocycles. The van der Waals surface area contributed by atoms with Crippen molar-refractivity contribution in [2.75, 3.05) is 32.7 Å². The van der Waals surface area contributed by atoms with Gasteiger partial charge in [-0.05, 0) is 76.0 Å². The fourth-order valence-electron chi connectivity index (χ4n) is 5.32. The number of nitrogens with zero attached hydrogens (tertiary/aromatic N) is 2. The van der Waals surface area contributed by atoms with Crippen LogP contribution in [0.15, 0.2) is 24.3 Å². The van der Waals surface area contributed by atoms with Gasteiger partial charge in [-0.3, -0.25) is 9.59 Å². The number of nitrogens with one attached hydrogen (secondary N) is 1. The van der Waals surface area contributed by atoms with Crippen LogP contribution in [0.3, 0.4) is 0 Å². The van der Waals surface area contributed by atoms with Gasteiger partial charge in [0.25, 0.3) is 5.91 Å². The Kier molecular flexibility index (Phi) is 7.10. The number of carbonyl (C=O) groups excluding carboxylic acids is 2. The number of β-lactam (4-membered cyclic amide) rings is 1. The van der Waals surface area contributed by atoms with Gasteiger partial charge < -0.3 is 19.9 Å². The van der Waals surface area contributed by atoms with Crippen LogP contribution in [0.2, 0.25) is 0 Å². The summed E-state index contributed by atoms with van der Waals surface area (Å²) in [6, 6.07) is 5.77. The highest BCUT2D eigenvalue weighted by Gasteiger charge is 2.62. The first-order valence-corrected chi connectivity index (χ1v) is 11.8. The van der Waals surface area contributed by atoms with Gasteiger partial charge in [-0.2, -0.15) is 0 Å². The largest absolute Gasteiger partial charge is 0.478 e. The molecule has 1 aliphatic carbocycles. The van der Waals surface area contributed by atoms with Gasteiger partial charge in [-0.15, -0.1) is 0 Å². The van der Waals surface area contributed by atoms with E-state index in [1.54, 1.807) is 17.0 Å². The van der Waals surface area contributed by atoms with E-state index in [0.29, 0.717) is 12.3 Å². The molecule has 2 heterocycles. The van der Waals surface area contributed by atoms with Crippen LogP contribution in [0.25, 0.3) is 0 Å². The van der Waals surface area contributed by atoms with Gasteiger partial charge in [-0.25, -0.2) is 4.39 Å². The molecule has 31 heavy (non-hydrogen) atoms. The first-order valence-electron chi connectivity index (χ1n) is 11.8. The van der Waals surface area contributed by atoms with Crippen molar-refractivity contribution < 1.29 is 18.7 Å². The lowest BCUT2D eigenvalue weighted by molar-refractivity contribution is -0.187. The summed E-state index contributed by atoms with van der Waals surface area (Å²) in [6.07, 6.45) is 9.06. The maximum Gasteiger partial charge on any atom is 0.267 e. The molecule has 0 radical (unpaired) electrons. The summed E-state index contributed by atoms with van der Waals surface area (Å²) in [4.78, 5) is 29.7. The normalized spacial score (nSPS) is 23.5. The van der Waals surface area contributed by atoms with Gasteiger partial charge in [0, 0.05) is 6.54 Å². The van der Waals surface area contributed by atoms with Gasteiger partial charge in [-0.1, -0.05) is 25.7 Å². The van der Waals surface area contributed by atoms with E-state index >= 15 is 0 Å². The Hall–Kier alpha value is -2.15. The van der Waals surface area contributed by atoms with Gasteiger partial charge in [0.1, 0.15) is 18.1 Å². The minimum atomic E-state index is -0.592. The summed E-state index contributed by atoms with van der Waals surface area (Å²) in [6.45, 7) is 4.06. The summed E-state index contributed by atoms with van der Waals surface area (Å²) in [5.74, 6) is -0.0865. The lowest BCUT2D eigenvalue weighted by atomic mass is 9.70. The van der Waals surface area contributed by atoms with Gasteiger partial charge >= 0.3 is 0 Å². The predicted molar refractivity (Wildman–Crippen MR) is 116 cm³/mol. The Labute approximate surface area is 184 Å². The zero-order valence-electron chi connectivity index (χ0n) is 18.3. The minimum Gasteiger partial charge on any atom is -0.478 e. The Morgan fingerprint density at radius 1 is 1.06 bits per heavy atom. The number of benzene rings is 1. The molecule has 1 aromatic carbocycles. The highest BCUT2D eigenvalue weighted by molar-refractivity contribution is 5.94. The fourth-order valence-corrected chi connectivity index (χ4v) is 5.32. The Morgan fingerprint density at radius 2 is 1.74 bits per heavy atom. The average Bonchev–Trinajstić information content (AvgIpc) is 2.81. The molecule has 3 aliphatic rings. The van der Waals surface area contributed by atoms with Crippen LogP contribution in [0, 0.1) is 5.82 Å². The first kappa shape index (κ1) is 22.1. The quantitative estimate of drug-likeness (QED) is 0.508. The second kappa shape index (κ2) is 9.98. The molecule has 4 rings (SSSR count). The number of rotatable bonds is 8. The van der Waals surface area contributed by atoms with Crippen LogP contribution in [0.4, 0.5) is 4.39 Å². The van der Waals surface area contributed by atoms with Crippen molar-refractivity contribution in [3.63, 3.8) is 0 Å². The van der Waals surface area contributed by atoms with E-state index in [9.17, 15) is 14.0 Å². The van der Waals surface area contributed by atoms with Crippen molar-refractivity contribution in [1.29, 1.82) is 0 Å². The molecule has 170 valence electrons. The third-order valence-electron chi connectivity index (χ3n) is 7.03. The summed E-state index contributed by atoms with van der Waals surface area (Å²) in [5.41, 5.74) is -0.422. The number of amides is 2. The van der Waals surface area contributed by atoms with E-state index in [0.717, 1.165) is 58.2 Å². The number of piperidine rings is 1. The van der Waals surface area contributed by atoms with Crippen molar-refractivity contribution >= 4 is 11.8 Å². The average molecular weight is 432 g/mol. The zero-order chi connectivity index (χ0) is 21.7. The van der Waals surface area contributed by atoms with E-state index in [-0.39, 0.29) is 24.2 Å². The highest BCUT2D eigenvalue weighted by Crippen LogP contribution is 2.45. The first-order chi connectivity index (χ1) is 15.1. The molecule has 1 atom stereocenters. The van der Waals surface area contributed by atoms with E-state index < -0.39 is 11.6 Å². The second-order valence-corrected chi connectivity index (χ2v) is 9.15. The molecule has 1 spiro atoms. The summed E-state index contributed by atoms with van der Waals surface area (Å²) in [5, 5.41) is 2.99. The molecule has 6 nitrogen and oxygen atoms in total. The lowest BCUT2D eigenvalue weighted by Gasteiger charge is -2.58. The van der Waals surface area contributed by atoms with Crippen LogP contribution in [-0.2, 0) is 9.59 Å². The van der Waals surface area contributed by atoms with Crippen LogP contribution in [-0.4, -0.2) is 66.0 Å². The standard InChI is InChI=1S/C24H34FN3O3/c25-19-8-10-20(11-9-19)31-22-23(30)28(24(22)12-3-1-4-13-24)18-21(29)26-14-7-17-27-15-5-2-6-16-27/h8-11,22H,1-7,12-18H2,(H,26,29). The van der Waals surface area contributed by atoms with Crippen molar-refractivity contribution in [3.05, 3.63) is 30.1 Å². The molecule has 1 N–H and O–H groups in total. The monoisotopic (exact) mass is 431 g/mol. The lowest BCUT2D eigenvalue weighted by Crippen LogP contribution is -2.77. The molecule has 7 heteroatoms. The maximum absolute atomic E-state index is 13.2. The molecule has 3 fully saturated rings. The molecular weight excluding hydrogens is 397 g/mol. The van der Waals surface area contributed by atoms with Crippen molar-refractivity contribution in [3.8, 4) is 5.75 Å². The van der Waals surface area contributed by atoms with Gasteiger partial charge in [0.05, 0.1) is 5.54 Å². The number of hydrogen-bond acceptors (Lipinski definition) is 4. The molecule has 2 saturated heterocycles.